The van der Waals surface area contributed by atoms with Crippen molar-refractivity contribution in [2.24, 2.45) is 0 Å². The second-order valence-electron chi connectivity index (χ2n) is 5.62. The SMILES string of the molecule is CCNC(=O)COc1ccc(S(=O)(=O)Nc2ccc(C)c(C)c2)cc1. The molecule has 6 nitrogen and oxygen atoms in total. The molecule has 0 spiro atoms. The van der Waals surface area contributed by atoms with Crippen molar-refractivity contribution in [3.8, 4) is 5.75 Å². The van der Waals surface area contributed by atoms with Crippen molar-refractivity contribution in [3.63, 3.8) is 0 Å². The van der Waals surface area contributed by atoms with E-state index in [4.69, 9.17) is 4.74 Å². The number of aryl methyl sites for hydroxylation is 2. The molecule has 0 fully saturated rings. The summed E-state index contributed by atoms with van der Waals surface area (Å²) in [5.41, 5.74) is 2.62. The Labute approximate surface area is 148 Å². The third-order valence-electron chi connectivity index (χ3n) is 3.64. The molecule has 0 heterocycles. The molecule has 0 bridgehead atoms. The molecule has 0 saturated heterocycles. The summed E-state index contributed by atoms with van der Waals surface area (Å²) in [7, 11) is -3.68. The number of benzene rings is 2. The average Bonchev–Trinajstić information content (AvgIpc) is 2.57. The van der Waals surface area contributed by atoms with E-state index in [0.717, 1.165) is 11.1 Å². The first-order chi connectivity index (χ1) is 11.8. The van der Waals surface area contributed by atoms with Gasteiger partial charge in [-0.3, -0.25) is 9.52 Å². The van der Waals surface area contributed by atoms with E-state index < -0.39 is 10.0 Å². The summed E-state index contributed by atoms with van der Waals surface area (Å²) in [4.78, 5) is 11.5. The zero-order valence-electron chi connectivity index (χ0n) is 14.5. The van der Waals surface area contributed by atoms with Crippen molar-refractivity contribution in [1.29, 1.82) is 0 Å². The highest BCUT2D eigenvalue weighted by Gasteiger charge is 2.14. The van der Waals surface area contributed by atoms with Gasteiger partial charge in [-0.1, -0.05) is 6.07 Å². The van der Waals surface area contributed by atoms with Crippen molar-refractivity contribution >= 4 is 21.6 Å². The number of hydrogen-bond donors (Lipinski definition) is 2. The second-order valence-corrected chi connectivity index (χ2v) is 7.30. The molecular formula is C18H22N2O4S. The molecule has 0 atom stereocenters. The lowest BCUT2D eigenvalue weighted by Gasteiger charge is -2.11. The molecule has 0 aliphatic heterocycles. The van der Waals surface area contributed by atoms with Gasteiger partial charge in [-0.2, -0.15) is 0 Å². The van der Waals surface area contributed by atoms with Gasteiger partial charge in [0.05, 0.1) is 4.90 Å². The molecule has 2 rings (SSSR count). The Morgan fingerprint density at radius 1 is 1.04 bits per heavy atom. The lowest BCUT2D eigenvalue weighted by Crippen LogP contribution is -2.28. The summed E-state index contributed by atoms with van der Waals surface area (Å²) in [6.07, 6.45) is 0. The van der Waals surface area contributed by atoms with E-state index in [1.165, 1.54) is 24.3 Å². The zero-order chi connectivity index (χ0) is 18.4. The summed E-state index contributed by atoms with van der Waals surface area (Å²) >= 11 is 0. The number of carbonyl (C=O) groups is 1. The second kappa shape index (κ2) is 8.02. The molecule has 0 aromatic heterocycles. The van der Waals surface area contributed by atoms with E-state index in [1.54, 1.807) is 12.1 Å². The highest BCUT2D eigenvalue weighted by atomic mass is 32.2. The number of carbonyl (C=O) groups excluding carboxylic acids is 1. The van der Waals surface area contributed by atoms with Crippen LogP contribution in [0.4, 0.5) is 5.69 Å². The van der Waals surface area contributed by atoms with Crippen LogP contribution in [0.5, 0.6) is 5.75 Å². The van der Waals surface area contributed by atoms with Gasteiger partial charge >= 0.3 is 0 Å². The maximum absolute atomic E-state index is 12.4. The Morgan fingerprint density at radius 3 is 2.32 bits per heavy atom. The van der Waals surface area contributed by atoms with Gasteiger partial charge in [-0.05, 0) is 68.3 Å². The van der Waals surface area contributed by atoms with E-state index in [2.05, 4.69) is 10.0 Å². The molecule has 0 aliphatic rings. The third kappa shape index (κ3) is 5.22. The molecule has 0 saturated carbocycles. The third-order valence-corrected chi connectivity index (χ3v) is 5.03. The van der Waals surface area contributed by atoms with E-state index in [0.29, 0.717) is 18.0 Å². The first-order valence-electron chi connectivity index (χ1n) is 7.91. The van der Waals surface area contributed by atoms with Crippen LogP contribution in [0.15, 0.2) is 47.4 Å². The van der Waals surface area contributed by atoms with Crippen LogP contribution in [0, 0.1) is 13.8 Å². The molecule has 25 heavy (non-hydrogen) atoms. The minimum Gasteiger partial charge on any atom is -0.484 e. The van der Waals surface area contributed by atoms with Crippen LogP contribution >= 0.6 is 0 Å². The molecule has 1 amide bonds. The summed E-state index contributed by atoms with van der Waals surface area (Å²) in [5, 5.41) is 2.62. The first kappa shape index (κ1) is 18.8. The standard InChI is InChI=1S/C18H22N2O4S/c1-4-19-18(21)12-24-16-7-9-17(10-8-16)25(22,23)20-15-6-5-13(2)14(3)11-15/h5-11,20H,4,12H2,1-3H3,(H,19,21). The van der Waals surface area contributed by atoms with Gasteiger partial charge < -0.3 is 10.1 Å². The number of sulfonamides is 1. The quantitative estimate of drug-likeness (QED) is 0.793. The predicted molar refractivity (Wildman–Crippen MR) is 97.3 cm³/mol. The Kier molecular flexibility index (Phi) is 6.03. The Morgan fingerprint density at radius 2 is 1.72 bits per heavy atom. The zero-order valence-corrected chi connectivity index (χ0v) is 15.3. The number of anilines is 1. The number of rotatable bonds is 7. The fourth-order valence-corrected chi connectivity index (χ4v) is 3.18. The fraction of sp³-hybridized carbons (Fsp3) is 0.278. The van der Waals surface area contributed by atoms with Gasteiger partial charge in [0.15, 0.2) is 6.61 Å². The van der Waals surface area contributed by atoms with Crippen molar-refractivity contribution in [2.75, 3.05) is 17.9 Å². The van der Waals surface area contributed by atoms with Crippen LogP contribution in [0.2, 0.25) is 0 Å². The number of amides is 1. The van der Waals surface area contributed by atoms with Crippen LogP contribution in [0.3, 0.4) is 0 Å². The molecule has 2 N–H and O–H groups in total. The Hall–Kier alpha value is -2.54. The fourth-order valence-electron chi connectivity index (χ4n) is 2.13. The number of ether oxygens (including phenoxy) is 1. The van der Waals surface area contributed by atoms with Crippen LogP contribution in [0.25, 0.3) is 0 Å². The van der Waals surface area contributed by atoms with Gasteiger partial charge in [0.2, 0.25) is 0 Å². The van der Waals surface area contributed by atoms with Crippen LogP contribution < -0.4 is 14.8 Å². The number of likely N-dealkylation sites (N-methyl/N-ethyl adjacent to an activating group) is 1. The lowest BCUT2D eigenvalue weighted by molar-refractivity contribution is -0.122. The monoisotopic (exact) mass is 362 g/mol. The summed E-state index contributed by atoms with van der Waals surface area (Å²) in [5.74, 6) is 0.201. The highest BCUT2D eigenvalue weighted by Crippen LogP contribution is 2.21. The minimum atomic E-state index is -3.68. The molecule has 7 heteroatoms. The Bertz CT molecular complexity index is 846. The summed E-state index contributed by atoms with van der Waals surface area (Å²) < 4.78 is 32.8. The van der Waals surface area contributed by atoms with E-state index in [1.807, 2.05) is 26.8 Å². The topological polar surface area (TPSA) is 84.5 Å². The molecule has 0 aliphatic carbocycles. The van der Waals surface area contributed by atoms with Gasteiger partial charge in [-0.25, -0.2) is 8.42 Å². The van der Waals surface area contributed by atoms with Gasteiger partial charge in [-0.15, -0.1) is 0 Å². The summed E-state index contributed by atoms with van der Waals surface area (Å²) in [6, 6.07) is 11.3. The maximum Gasteiger partial charge on any atom is 0.261 e. The van der Waals surface area contributed by atoms with Crippen LogP contribution in [-0.4, -0.2) is 27.5 Å². The molecular weight excluding hydrogens is 340 g/mol. The molecule has 2 aromatic rings. The molecule has 0 radical (unpaired) electrons. The van der Waals surface area contributed by atoms with Crippen LogP contribution in [-0.2, 0) is 14.8 Å². The number of nitrogens with one attached hydrogen (secondary N) is 2. The number of hydrogen-bond acceptors (Lipinski definition) is 4. The summed E-state index contributed by atoms with van der Waals surface area (Å²) in [6.45, 7) is 6.13. The average molecular weight is 362 g/mol. The van der Waals surface area contributed by atoms with E-state index >= 15 is 0 Å². The van der Waals surface area contributed by atoms with Gasteiger partial charge in [0.25, 0.3) is 15.9 Å². The smallest absolute Gasteiger partial charge is 0.261 e. The molecule has 2 aromatic carbocycles. The maximum atomic E-state index is 12.4. The van der Waals surface area contributed by atoms with E-state index in [-0.39, 0.29) is 17.4 Å². The van der Waals surface area contributed by atoms with Crippen molar-refractivity contribution in [1.82, 2.24) is 5.32 Å². The van der Waals surface area contributed by atoms with Crippen molar-refractivity contribution < 1.29 is 17.9 Å². The highest BCUT2D eigenvalue weighted by molar-refractivity contribution is 7.92. The Balaban J connectivity index is 2.06. The lowest BCUT2D eigenvalue weighted by atomic mass is 10.1. The normalized spacial score (nSPS) is 11.0. The van der Waals surface area contributed by atoms with Crippen LogP contribution in [0.1, 0.15) is 18.1 Å². The largest absolute Gasteiger partial charge is 0.484 e. The van der Waals surface area contributed by atoms with Crippen molar-refractivity contribution in [2.45, 2.75) is 25.7 Å². The van der Waals surface area contributed by atoms with E-state index in [9.17, 15) is 13.2 Å². The minimum absolute atomic E-state index is 0.110. The van der Waals surface area contributed by atoms with Crippen molar-refractivity contribution in [3.05, 3.63) is 53.6 Å². The molecule has 0 unspecified atom stereocenters. The molecule has 134 valence electrons. The predicted octanol–water partition coefficient (Wildman–Crippen LogP) is 2.62. The van der Waals surface area contributed by atoms with Gasteiger partial charge in [0, 0.05) is 12.2 Å². The van der Waals surface area contributed by atoms with Gasteiger partial charge in [0.1, 0.15) is 5.75 Å². The first-order valence-corrected chi connectivity index (χ1v) is 9.40.